The molecule has 1 aliphatic carbocycles. The quantitative estimate of drug-likeness (QED) is 0.822. The number of hydrogen-bond donors (Lipinski definition) is 1. The molecule has 1 nitrogen and oxygen atoms in total. The molecule has 0 heterocycles. The van der Waals surface area contributed by atoms with Gasteiger partial charge in [-0.3, -0.25) is 0 Å². The van der Waals surface area contributed by atoms with E-state index in [0.717, 1.165) is 25.0 Å². The smallest absolute Gasteiger partial charge is 0.0690 e. The molecule has 3 atom stereocenters. The van der Waals surface area contributed by atoms with Crippen LogP contribution in [-0.2, 0) is 5.75 Å². The summed E-state index contributed by atoms with van der Waals surface area (Å²) in [7, 11) is 0. The Hall–Kier alpha value is -0.730. The van der Waals surface area contributed by atoms with E-state index in [1.54, 1.807) is 0 Å². The average molecular weight is 276 g/mol. The van der Waals surface area contributed by atoms with E-state index in [9.17, 15) is 5.11 Å². The number of benzene rings is 1. The normalized spacial score (nSPS) is 31.1. The standard InChI is InChI=1S/C17H24OS/c1-13(2)15-9-10-17(3,16(18)11-15)19-12-14-7-5-4-6-8-14/h4-8,15-16,18H,1,9-12H2,2-3H3/t15-,16-,17+/m1/s1. The molecule has 1 saturated carbocycles. The zero-order valence-corrected chi connectivity index (χ0v) is 12.7. The molecular formula is C17H24OS. The lowest BCUT2D eigenvalue weighted by atomic mass is 9.77. The summed E-state index contributed by atoms with van der Waals surface area (Å²) >= 11 is 1.89. The molecule has 1 aliphatic rings. The van der Waals surface area contributed by atoms with Crippen LogP contribution < -0.4 is 0 Å². The number of hydrogen-bond acceptors (Lipinski definition) is 2. The van der Waals surface area contributed by atoms with E-state index in [1.165, 1.54) is 11.1 Å². The van der Waals surface area contributed by atoms with E-state index >= 15 is 0 Å². The largest absolute Gasteiger partial charge is 0.392 e. The van der Waals surface area contributed by atoms with Gasteiger partial charge in [0.25, 0.3) is 0 Å². The number of thioether (sulfide) groups is 1. The Kier molecular flexibility index (Phi) is 4.75. The van der Waals surface area contributed by atoms with Crippen molar-refractivity contribution in [3.8, 4) is 0 Å². The van der Waals surface area contributed by atoms with Gasteiger partial charge in [-0.15, -0.1) is 11.8 Å². The van der Waals surface area contributed by atoms with Crippen LogP contribution in [0.1, 0.15) is 38.7 Å². The molecule has 0 aliphatic heterocycles. The maximum absolute atomic E-state index is 10.5. The molecule has 0 bridgehead atoms. The minimum atomic E-state index is -0.225. The molecule has 0 aromatic heterocycles. The molecule has 1 aromatic rings. The van der Waals surface area contributed by atoms with E-state index in [-0.39, 0.29) is 10.9 Å². The summed E-state index contributed by atoms with van der Waals surface area (Å²) in [5, 5.41) is 10.5. The third kappa shape index (κ3) is 3.64. The molecule has 2 heteroatoms. The number of allylic oxidation sites excluding steroid dienone is 1. The Morgan fingerprint density at radius 3 is 2.68 bits per heavy atom. The zero-order chi connectivity index (χ0) is 13.9. The molecule has 0 radical (unpaired) electrons. The highest BCUT2D eigenvalue weighted by molar-refractivity contribution is 7.99. The molecule has 1 aromatic carbocycles. The van der Waals surface area contributed by atoms with Crippen molar-refractivity contribution < 1.29 is 5.11 Å². The minimum Gasteiger partial charge on any atom is -0.392 e. The molecule has 0 saturated heterocycles. The lowest BCUT2D eigenvalue weighted by Gasteiger charge is -2.41. The second kappa shape index (κ2) is 6.15. The Bertz CT molecular complexity index is 428. The van der Waals surface area contributed by atoms with E-state index < -0.39 is 0 Å². The highest BCUT2D eigenvalue weighted by Crippen LogP contribution is 2.44. The van der Waals surface area contributed by atoms with Gasteiger partial charge in [-0.25, -0.2) is 0 Å². The molecule has 19 heavy (non-hydrogen) atoms. The summed E-state index contributed by atoms with van der Waals surface area (Å²) in [6, 6.07) is 10.5. The van der Waals surface area contributed by atoms with E-state index in [4.69, 9.17) is 0 Å². The molecule has 1 fully saturated rings. The first-order valence-corrected chi connectivity index (χ1v) is 8.01. The maximum Gasteiger partial charge on any atom is 0.0690 e. The van der Waals surface area contributed by atoms with Gasteiger partial charge in [-0.1, -0.05) is 42.5 Å². The van der Waals surface area contributed by atoms with E-state index in [1.807, 2.05) is 17.8 Å². The van der Waals surface area contributed by atoms with Gasteiger partial charge in [0, 0.05) is 10.5 Å². The van der Waals surface area contributed by atoms with Crippen LogP contribution in [0.3, 0.4) is 0 Å². The Balaban J connectivity index is 1.94. The topological polar surface area (TPSA) is 20.2 Å². The van der Waals surface area contributed by atoms with Gasteiger partial charge in [-0.2, -0.15) is 0 Å². The summed E-state index contributed by atoms with van der Waals surface area (Å²) < 4.78 is -0.0121. The minimum absolute atomic E-state index is 0.0121. The monoisotopic (exact) mass is 276 g/mol. The molecule has 2 rings (SSSR count). The first-order valence-electron chi connectivity index (χ1n) is 7.02. The van der Waals surface area contributed by atoms with E-state index in [2.05, 4.69) is 44.7 Å². The summed E-state index contributed by atoms with van der Waals surface area (Å²) in [5.41, 5.74) is 2.55. The number of aliphatic hydroxyl groups is 1. The summed E-state index contributed by atoms with van der Waals surface area (Å²) in [6.45, 7) is 8.33. The summed E-state index contributed by atoms with van der Waals surface area (Å²) in [6.07, 6.45) is 2.87. The van der Waals surface area contributed by atoms with E-state index in [0.29, 0.717) is 5.92 Å². The third-order valence-electron chi connectivity index (χ3n) is 4.31. The van der Waals surface area contributed by atoms with Crippen molar-refractivity contribution in [1.82, 2.24) is 0 Å². The maximum atomic E-state index is 10.5. The summed E-state index contributed by atoms with van der Waals surface area (Å²) in [5.74, 6) is 1.48. The Morgan fingerprint density at radius 2 is 2.11 bits per heavy atom. The van der Waals surface area contributed by atoms with Crippen molar-refractivity contribution >= 4 is 11.8 Å². The van der Waals surface area contributed by atoms with Crippen molar-refractivity contribution in [2.75, 3.05) is 0 Å². The SMILES string of the molecule is C=C(C)[C@@H]1CC[C@](C)(SCc2ccccc2)[C@H](O)C1. The fraction of sp³-hybridized carbons (Fsp3) is 0.529. The molecule has 104 valence electrons. The van der Waals surface area contributed by atoms with Crippen LogP contribution in [0.15, 0.2) is 42.5 Å². The zero-order valence-electron chi connectivity index (χ0n) is 11.9. The van der Waals surface area contributed by atoms with Crippen molar-refractivity contribution in [1.29, 1.82) is 0 Å². The van der Waals surface area contributed by atoms with Gasteiger partial charge in [-0.05, 0) is 44.6 Å². The highest BCUT2D eigenvalue weighted by Gasteiger charge is 2.39. The molecule has 1 N–H and O–H groups in total. The Labute approximate surface area is 121 Å². The molecule has 0 spiro atoms. The lowest BCUT2D eigenvalue weighted by molar-refractivity contribution is 0.0797. The van der Waals surface area contributed by atoms with Gasteiger partial charge in [0.1, 0.15) is 0 Å². The molecule has 0 unspecified atom stereocenters. The van der Waals surface area contributed by atoms with Crippen molar-refractivity contribution in [3.05, 3.63) is 48.0 Å². The first kappa shape index (κ1) is 14.7. The first-order chi connectivity index (χ1) is 9.01. The van der Waals surface area contributed by atoms with Gasteiger partial charge in [0.05, 0.1) is 6.10 Å². The van der Waals surface area contributed by atoms with Crippen LogP contribution in [-0.4, -0.2) is 16.0 Å². The van der Waals surface area contributed by atoms with Gasteiger partial charge in [0.15, 0.2) is 0 Å². The van der Waals surface area contributed by atoms with Crippen molar-refractivity contribution in [3.63, 3.8) is 0 Å². The summed E-state index contributed by atoms with van der Waals surface area (Å²) in [4.78, 5) is 0. The van der Waals surface area contributed by atoms with Crippen molar-refractivity contribution in [2.24, 2.45) is 5.92 Å². The van der Waals surface area contributed by atoms with Gasteiger partial charge < -0.3 is 5.11 Å². The predicted octanol–water partition coefficient (Wildman–Crippen LogP) is 4.42. The van der Waals surface area contributed by atoms with Gasteiger partial charge >= 0.3 is 0 Å². The lowest BCUT2D eigenvalue weighted by Crippen LogP contribution is -2.42. The number of rotatable bonds is 4. The van der Waals surface area contributed by atoms with Crippen LogP contribution in [0.25, 0.3) is 0 Å². The highest BCUT2D eigenvalue weighted by atomic mass is 32.2. The number of aliphatic hydroxyl groups excluding tert-OH is 1. The van der Waals surface area contributed by atoms with Crippen LogP contribution in [0, 0.1) is 5.92 Å². The Morgan fingerprint density at radius 1 is 1.42 bits per heavy atom. The van der Waals surface area contributed by atoms with Crippen molar-refractivity contribution in [2.45, 2.75) is 49.7 Å². The average Bonchev–Trinajstić information content (AvgIpc) is 2.41. The van der Waals surface area contributed by atoms with Crippen LogP contribution in [0.5, 0.6) is 0 Å². The fourth-order valence-corrected chi connectivity index (χ4v) is 3.94. The second-order valence-corrected chi connectivity index (χ2v) is 7.43. The third-order valence-corrected chi connectivity index (χ3v) is 5.92. The predicted molar refractivity (Wildman–Crippen MR) is 84.3 cm³/mol. The van der Waals surface area contributed by atoms with Crippen LogP contribution in [0.4, 0.5) is 0 Å². The second-order valence-electron chi connectivity index (χ2n) is 5.92. The molecule has 0 amide bonds. The molecular weight excluding hydrogens is 252 g/mol. The van der Waals surface area contributed by atoms with Crippen LogP contribution in [0.2, 0.25) is 0 Å². The van der Waals surface area contributed by atoms with Crippen LogP contribution >= 0.6 is 11.8 Å². The van der Waals surface area contributed by atoms with Gasteiger partial charge in [0.2, 0.25) is 0 Å². The fourth-order valence-electron chi connectivity index (χ4n) is 2.70.